The van der Waals surface area contributed by atoms with Gasteiger partial charge >= 0.3 is 6.09 Å². The largest absolute Gasteiger partial charge is 0.450 e. The van der Waals surface area contributed by atoms with Crippen LogP contribution in [0.5, 0.6) is 0 Å². The number of nitrogens with two attached hydrogens (primary N) is 1. The van der Waals surface area contributed by atoms with Crippen LogP contribution in [0.15, 0.2) is 34.1 Å². The molecular formula is C14H16BrN3O2S. The lowest BCUT2D eigenvalue weighted by atomic mass is 10.2. The van der Waals surface area contributed by atoms with Crippen LogP contribution in [0, 0.1) is 0 Å². The second-order valence-corrected chi connectivity index (χ2v) is 6.14. The van der Waals surface area contributed by atoms with Gasteiger partial charge in [0.1, 0.15) is 0 Å². The van der Waals surface area contributed by atoms with Crippen molar-refractivity contribution in [2.75, 3.05) is 23.0 Å². The predicted octanol–water partition coefficient (Wildman–Crippen LogP) is 4.27. The van der Waals surface area contributed by atoms with Gasteiger partial charge in [0.15, 0.2) is 0 Å². The van der Waals surface area contributed by atoms with Gasteiger partial charge in [-0.3, -0.25) is 5.32 Å². The van der Waals surface area contributed by atoms with Crippen LogP contribution in [0.25, 0.3) is 0 Å². The van der Waals surface area contributed by atoms with E-state index in [0.717, 1.165) is 16.7 Å². The number of ether oxygens (including phenoxy) is 1. The van der Waals surface area contributed by atoms with Gasteiger partial charge in [0.05, 0.1) is 18.0 Å². The summed E-state index contributed by atoms with van der Waals surface area (Å²) >= 11 is 5.10. The maximum absolute atomic E-state index is 11.4. The fourth-order valence-corrected chi connectivity index (χ4v) is 3.09. The molecule has 2 rings (SSSR count). The van der Waals surface area contributed by atoms with Gasteiger partial charge in [-0.2, -0.15) is 0 Å². The molecule has 0 bridgehead atoms. The Labute approximate surface area is 135 Å². The van der Waals surface area contributed by atoms with Crippen molar-refractivity contribution < 1.29 is 9.53 Å². The Hall–Kier alpha value is -1.73. The van der Waals surface area contributed by atoms with Crippen molar-refractivity contribution in [3.05, 3.63) is 39.0 Å². The molecule has 0 aliphatic carbocycles. The van der Waals surface area contributed by atoms with Gasteiger partial charge in [0.25, 0.3) is 0 Å². The highest BCUT2D eigenvalue weighted by Gasteiger charge is 2.06. The van der Waals surface area contributed by atoms with Crippen molar-refractivity contribution in [3.8, 4) is 0 Å². The van der Waals surface area contributed by atoms with Gasteiger partial charge in [-0.25, -0.2) is 4.79 Å². The first-order valence-electron chi connectivity index (χ1n) is 6.38. The third-order valence-electron chi connectivity index (χ3n) is 2.65. The lowest BCUT2D eigenvalue weighted by Gasteiger charge is -2.11. The van der Waals surface area contributed by atoms with Crippen molar-refractivity contribution in [2.24, 2.45) is 0 Å². The standard InChI is InChI=1S/C14H16BrN3O2S/c1-2-20-14(19)18-13-4-3-10(6-12(13)16)17-7-11-5-9(15)8-21-11/h3-6,8,17H,2,7,16H2,1H3,(H,18,19). The highest BCUT2D eigenvalue weighted by molar-refractivity contribution is 9.10. The molecule has 0 radical (unpaired) electrons. The number of benzene rings is 1. The number of nitrogen functional groups attached to an aromatic ring is 1. The first-order valence-corrected chi connectivity index (χ1v) is 8.06. The molecule has 21 heavy (non-hydrogen) atoms. The second-order valence-electron chi connectivity index (χ2n) is 4.23. The lowest BCUT2D eigenvalue weighted by molar-refractivity contribution is 0.168. The summed E-state index contributed by atoms with van der Waals surface area (Å²) in [4.78, 5) is 12.6. The number of carbonyl (C=O) groups excluding carboxylic acids is 1. The summed E-state index contributed by atoms with van der Waals surface area (Å²) in [6.07, 6.45) is -0.506. The molecule has 0 atom stereocenters. The average Bonchev–Trinajstić information content (AvgIpc) is 2.85. The molecule has 1 amide bonds. The zero-order valence-corrected chi connectivity index (χ0v) is 13.9. The summed E-state index contributed by atoms with van der Waals surface area (Å²) in [6.45, 7) is 2.79. The monoisotopic (exact) mass is 369 g/mol. The van der Waals surface area contributed by atoms with Crippen LogP contribution in [-0.4, -0.2) is 12.7 Å². The average molecular weight is 370 g/mol. The number of halogens is 1. The molecule has 0 saturated carbocycles. The molecular weight excluding hydrogens is 354 g/mol. The summed E-state index contributed by atoms with van der Waals surface area (Å²) < 4.78 is 5.90. The highest BCUT2D eigenvalue weighted by atomic mass is 79.9. The van der Waals surface area contributed by atoms with Crippen molar-refractivity contribution >= 4 is 50.4 Å². The molecule has 0 fully saturated rings. The molecule has 1 aromatic heterocycles. The molecule has 0 unspecified atom stereocenters. The van der Waals surface area contributed by atoms with E-state index >= 15 is 0 Å². The smallest absolute Gasteiger partial charge is 0.411 e. The normalized spacial score (nSPS) is 10.2. The molecule has 0 aliphatic rings. The minimum Gasteiger partial charge on any atom is -0.450 e. The molecule has 1 heterocycles. The van der Waals surface area contributed by atoms with E-state index in [9.17, 15) is 4.79 Å². The molecule has 0 aliphatic heterocycles. The topological polar surface area (TPSA) is 76.4 Å². The van der Waals surface area contributed by atoms with Crippen molar-refractivity contribution in [3.63, 3.8) is 0 Å². The van der Waals surface area contributed by atoms with Crippen molar-refractivity contribution in [1.29, 1.82) is 0 Å². The van der Waals surface area contributed by atoms with Gasteiger partial charge in [0.2, 0.25) is 0 Å². The molecule has 4 N–H and O–H groups in total. The van der Waals surface area contributed by atoms with E-state index in [0.29, 0.717) is 18.0 Å². The highest BCUT2D eigenvalue weighted by Crippen LogP contribution is 2.25. The van der Waals surface area contributed by atoms with E-state index in [4.69, 9.17) is 10.5 Å². The van der Waals surface area contributed by atoms with Crippen LogP contribution in [0.2, 0.25) is 0 Å². The van der Waals surface area contributed by atoms with Crippen LogP contribution in [-0.2, 0) is 11.3 Å². The van der Waals surface area contributed by atoms with Crippen LogP contribution in [0.3, 0.4) is 0 Å². The number of nitrogens with one attached hydrogen (secondary N) is 2. The van der Waals surface area contributed by atoms with Gasteiger partial charge in [-0.1, -0.05) is 0 Å². The second kappa shape index (κ2) is 7.33. The van der Waals surface area contributed by atoms with E-state index in [1.807, 2.05) is 11.4 Å². The minimum absolute atomic E-state index is 0.321. The van der Waals surface area contributed by atoms with E-state index in [2.05, 4.69) is 32.6 Å². The predicted molar refractivity (Wildman–Crippen MR) is 90.8 cm³/mol. The quantitative estimate of drug-likeness (QED) is 0.687. The number of hydrogen-bond donors (Lipinski definition) is 3. The summed E-state index contributed by atoms with van der Waals surface area (Å²) in [5.74, 6) is 0. The molecule has 0 saturated heterocycles. The zero-order chi connectivity index (χ0) is 15.2. The fourth-order valence-electron chi connectivity index (χ4n) is 1.70. The number of carbonyl (C=O) groups is 1. The number of rotatable bonds is 5. The number of amides is 1. The van der Waals surface area contributed by atoms with Crippen molar-refractivity contribution in [1.82, 2.24) is 0 Å². The van der Waals surface area contributed by atoms with E-state index in [1.54, 1.807) is 30.4 Å². The van der Waals surface area contributed by atoms with Gasteiger partial charge in [0, 0.05) is 27.0 Å². The summed E-state index contributed by atoms with van der Waals surface area (Å²) in [7, 11) is 0. The van der Waals surface area contributed by atoms with Gasteiger partial charge in [-0.15, -0.1) is 11.3 Å². The Bertz CT molecular complexity index is 630. The van der Waals surface area contributed by atoms with E-state index < -0.39 is 6.09 Å². The fraction of sp³-hybridized carbons (Fsp3) is 0.214. The van der Waals surface area contributed by atoms with Crippen LogP contribution in [0.1, 0.15) is 11.8 Å². The Morgan fingerprint density at radius 1 is 1.43 bits per heavy atom. The number of anilines is 3. The maximum atomic E-state index is 11.4. The third kappa shape index (κ3) is 4.64. The lowest BCUT2D eigenvalue weighted by Crippen LogP contribution is -2.14. The van der Waals surface area contributed by atoms with Crippen LogP contribution >= 0.6 is 27.3 Å². The third-order valence-corrected chi connectivity index (χ3v) is 4.35. The molecule has 7 heteroatoms. The number of thiophene rings is 1. The van der Waals surface area contributed by atoms with E-state index in [-0.39, 0.29) is 0 Å². The molecule has 0 spiro atoms. The Balaban J connectivity index is 1.96. The van der Waals surface area contributed by atoms with Crippen LogP contribution < -0.4 is 16.4 Å². The Kier molecular flexibility index (Phi) is 5.46. The summed E-state index contributed by atoms with van der Waals surface area (Å²) in [6, 6.07) is 7.46. The first-order chi connectivity index (χ1) is 10.1. The van der Waals surface area contributed by atoms with Gasteiger partial charge in [-0.05, 0) is 47.1 Å². The van der Waals surface area contributed by atoms with E-state index in [1.165, 1.54) is 4.88 Å². The van der Waals surface area contributed by atoms with Crippen molar-refractivity contribution in [2.45, 2.75) is 13.5 Å². The maximum Gasteiger partial charge on any atom is 0.411 e. The summed E-state index contributed by atoms with van der Waals surface area (Å²) in [5, 5.41) is 7.92. The van der Waals surface area contributed by atoms with Gasteiger partial charge < -0.3 is 15.8 Å². The number of hydrogen-bond acceptors (Lipinski definition) is 5. The zero-order valence-electron chi connectivity index (χ0n) is 11.5. The van der Waals surface area contributed by atoms with Crippen LogP contribution in [0.4, 0.5) is 21.9 Å². The molecule has 5 nitrogen and oxygen atoms in total. The molecule has 2 aromatic rings. The molecule has 1 aromatic carbocycles. The SMILES string of the molecule is CCOC(=O)Nc1ccc(NCc2cc(Br)cs2)cc1N. The first kappa shape index (κ1) is 15.7. The Morgan fingerprint density at radius 3 is 2.86 bits per heavy atom. The minimum atomic E-state index is -0.506. The summed E-state index contributed by atoms with van der Waals surface area (Å²) in [5.41, 5.74) is 7.84. The molecule has 112 valence electrons. The Morgan fingerprint density at radius 2 is 2.24 bits per heavy atom.